The van der Waals surface area contributed by atoms with Crippen LogP contribution in [0.4, 0.5) is 0 Å². The lowest BCUT2D eigenvalue weighted by atomic mass is 9.77. The molecule has 3 aliphatic rings. The first-order chi connectivity index (χ1) is 14.5. The summed E-state index contributed by atoms with van der Waals surface area (Å²) in [6, 6.07) is 16.5. The zero-order valence-electron chi connectivity index (χ0n) is 15.6. The maximum atomic E-state index is 12.7. The average molecular weight is 408 g/mol. The summed E-state index contributed by atoms with van der Waals surface area (Å²) in [6.45, 7) is 0. The molecule has 5 unspecified atom stereocenters. The molecule has 8 heteroatoms. The Morgan fingerprint density at radius 1 is 0.867 bits per heavy atom. The highest BCUT2D eigenvalue weighted by atomic mass is 16.8. The monoisotopic (exact) mass is 408 g/mol. The molecule has 8 nitrogen and oxygen atoms in total. The highest BCUT2D eigenvalue weighted by Gasteiger charge is 2.75. The number of fused-ring (bicyclic) bond motifs is 5. The third-order valence-electron chi connectivity index (χ3n) is 5.64. The van der Waals surface area contributed by atoms with Crippen LogP contribution in [0, 0.1) is 11.8 Å². The molecule has 3 saturated heterocycles. The quantitative estimate of drug-likeness (QED) is 0.429. The SMILES string of the molecule is O=C(OC1CC2(OC(=O)c3ccccc3)OC1C1C(=O)OC(=O)C12)c1ccccc1. The lowest BCUT2D eigenvalue weighted by Crippen LogP contribution is -2.48. The van der Waals surface area contributed by atoms with Crippen LogP contribution in [0.1, 0.15) is 27.1 Å². The van der Waals surface area contributed by atoms with Crippen molar-refractivity contribution >= 4 is 23.9 Å². The minimum absolute atomic E-state index is 0.0711. The Morgan fingerprint density at radius 2 is 1.47 bits per heavy atom. The molecule has 30 heavy (non-hydrogen) atoms. The predicted molar refractivity (Wildman–Crippen MR) is 97.8 cm³/mol. The van der Waals surface area contributed by atoms with E-state index in [0.717, 1.165) is 0 Å². The van der Waals surface area contributed by atoms with Crippen molar-refractivity contribution in [3.8, 4) is 0 Å². The molecule has 0 radical (unpaired) electrons. The highest BCUT2D eigenvalue weighted by Crippen LogP contribution is 2.56. The van der Waals surface area contributed by atoms with Gasteiger partial charge in [0.15, 0.2) is 0 Å². The first-order valence-corrected chi connectivity index (χ1v) is 9.46. The lowest BCUT2D eigenvalue weighted by molar-refractivity contribution is -0.194. The third-order valence-corrected chi connectivity index (χ3v) is 5.64. The van der Waals surface area contributed by atoms with Crippen LogP contribution >= 0.6 is 0 Å². The number of hydrogen-bond acceptors (Lipinski definition) is 8. The molecule has 0 amide bonds. The van der Waals surface area contributed by atoms with Gasteiger partial charge < -0.3 is 18.9 Å². The highest BCUT2D eigenvalue weighted by molar-refractivity contribution is 5.99. The van der Waals surface area contributed by atoms with Crippen LogP contribution in [-0.4, -0.2) is 41.9 Å². The number of esters is 4. The van der Waals surface area contributed by atoms with Gasteiger partial charge in [-0.25, -0.2) is 9.59 Å². The number of benzene rings is 2. The van der Waals surface area contributed by atoms with E-state index in [1.165, 1.54) is 0 Å². The summed E-state index contributed by atoms with van der Waals surface area (Å²) in [5.74, 6) is -6.70. The average Bonchev–Trinajstić information content (AvgIpc) is 3.37. The molecular weight excluding hydrogens is 392 g/mol. The number of hydrogen-bond donors (Lipinski definition) is 0. The number of rotatable bonds is 4. The van der Waals surface area contributed by atoms with Crippen molar-refractivity contribution in [1.29, 1.82) is 0 Å². The summed E-state index contributed by atoms with van der Waals surface area (Å²) in [7, 11) is 0. The number of cyclic esters (lactones) is 2. The maximum Gasteiger partial charge on any atom is 0.340 e. The summed E-state index contributed by atoms with van der Waals surface area (Å²) in [6.07, 6.45) is -1.88. The predicted octanol–water partition coefficient (Wildman–Crippen LogP) is 1.88. The van der Waals surface area contributed by atoms with Gasteiger partial charge in [0.1, 0.15) is 24.0 Å². The molecule has 0 saturated carbocycles. The van der Waals surface area contributed by atoms with Crippen LogP contribution in [0.25, 0.3) is 0 Å². The Morgan fingerprint density at radius 3 is 2.10 bits per heavy atom. The van der Waals surface area contributed by atoms with E-state index in [-0.39, 0.29) is 12.0 Å². The minimum atomic E-state index is -1.73. The van der Waals surface area contributed by atoms with E-state index in [0.29, 0.717) is 5.56 Å². The van der Waals surface area contributed by atoms with E-state index in [1.54, 1.807) is 60.7 Å². The van der Waals surface area contributed by atoms with Gasteiger partial charge in [-0.05, 0) is 24.3 Å². The molecule has 0 spiro atoms. The van der Waals surface area contributed by atoms with Gasteiger partial charge in [-0.15, -0.1) is 0 Å². The lowest BCUT2D eigenvalue weighted by Gasteiger charge is -2.31. The zero-order chi connectivity index (χ0) is 20.9. The van der Waals surface area contributed by atoms with Gasteiger partial charge in [-0.3, -0.25) is 9.59 Å². The van der Waals surface area contributed by atoms with Gasteiger partial charge in [0, 0.05) is 0 Å². The van der Waals surface area contributed by atoms with Crippen molar-refractivity contribution in [2.75, 3.05) is 0 Å². The van der Waals surface area contributed by atoms with Crippen LogP contribution in [-0.2, 0) is 28.5 Å². The number of ether oxygens (including phenoxy) is 4. The summed E-state index contributed by atoms with van der Waals surface area (Å²) >= 11 is 0. The van der Waals surface area contributed by atoms with Gasteiger partial charge in [-0.1, -0.05) is 36.4 Å². The summed E-state index contributed by atoms with van der Waals surface area (Å²) in [4.78, 5) is 49.7. The van der Waals surface area contributed by atoms with Crippen LogP contribution in [0.5, 0.6) is 0 Å². The molecule has 5 rings (SSSR count). The molecule has 0 N–H and O–H groups in total. The van der Waals surface area contributed by atoms with E-state index in [9.17, 15) is 19.2 Å². The largest absolute Gasteiger partial charge is 0.456 e. The molecule has 152 valence electrons. The minimum Gasteiger partial charge on any atom is -0.456 e. The summed E-state index contributed by atoms with van der Waals surface area (Å²) < 4.78 is 21.8. The van der Waals surface area contributed by atoms with Crippen LogP contribution in [0.3, 0.4) is 0 Å². The van der Waals surface area contributed by atoms with Gasteiger partial charge in [0.25, 0.3) is 0 Å². The maximum absolute atomic E-state index is 12.7. The molecule has 2 aromatic rings. The molecular formula is C22H16O8. The number of carbonyl (C=O) groups is 4. The first-order valence-electron chi connectivity index (χ1n) is 9.46. The Labute approximate surface area is 170 Å². The van der Waals surface area contributed by atoms with Gasteiger partial charge in [0.05, 0.1) is 17.5 Å². The first kappa shape index (κ1) is 18.5. The zero-order valence-corrected chi connectivity index (χ0v) is 15.6. The fourth-order valence-corrected chi connectivity index (χ4v) is 4.35. The molecule has 0 aromatic heterocycles. The Kier molecular flexibility index (Phi) is 4.18. The normalized spacial score (nSPS) is 31.2. The third kappa shape index (κ3) is 2.80. The standard InChI is InChI=1S/C22H16O8/c23-18(12-7-3-1-4-8-12)27-14-11-22(30-19(24)13-9-5-2-6-10-13)16-15(17(14)29-22)20(25)28-21(16)26/h1-10,14-17H,11H2. The second kappa shape index (κ2) is 6.77. The summed E-state index contributed by atoms with van der Waals surface area (Å²) in [5, 5.41) is 0. The van der Waals surface area contributed by atoms with Crippen LogP contribution in [0.15, 0.2) is 60.7 Å². The van der Waals surface area contributed by atoms with Gasteiger partial charge >= 0.3 is 23.9 Å². The van der Waals surface area contributed by atoms with E-state index >= 15 is 0 Å². The van der Waals surface area contributed by atoms with Crippen molar-refractivity contribution in [3.63, 3.8) is 0 Å². The van der Waals surface area contributed by atoms with Crippen molar-refractivity contribution in [2.45, 2.75) is 24.4 Å². The topological polar surface area (TPSA) is 105 Å². The van der Waals surface area contributed by atoms with E-state index in [4.69, 9.17) is 18.9 Å². The van der Waals surface area contributed by atoms with E-state index in [2.05, 4.69) is 0 Å². The van der Waals surface area contributed by atoms with E-state index < -0.39 is 53.7 Å². The van der Waals surface area contributed by atoms with Crippen molar-refractivity contribution in [3.05, 3.63) is 71.8 Å². The van der Waals surface area contributed by atoms with Crippen molar-refractivity contribution in [2.24, 2.45) is 11.8 Å². The summed E-state index contributed by atoms with van der Waals surface area (Å²) in [5.41, 5.74) is 0.593. The molecule has 0 aliphatic carbocycles. The second-order valence-corrected chi connectivity index (χ2v) is 7.41. The van der Waals surface area contributed by atoms with E-state index in [1.807, 2.05) is 0 Å². The molecule has 3 fully saturated rings. The smallest absolute Gasteiger partial charge is 0.340 e. The van der Waals surface area contributed by atoms with Gasteiger partial charge in [0.2, 0.25) is 5.79 Å². The molecule has 5 atom stereocenters. The van der Waals surface area contributed by atoms with Crippen molar-refractivity contribution < 1.29 is 38.1 Å². The Balaban J connectivity index is 1.43. The molecule has 3 aliphatic heterocycles. The number of carbonyl (C=O) groups excluding carboxylic acids is 4. The Bertz CT molecular complexity index is 1030. The Hall–Kier alpha value is -3.52. The van der Waals surface area contributed by atoms with Crippen LogP contribution < -0.4 is 0 Å². The molecule has 3 heterocycles. The fourth-order valence-electron chi connectivity index (χ4n) is 4.35. The van der Waals surface area contributed by atoms with Crippen molar-refractivity contribution in [1.82, 2.24) is 0 Å². The van der Waals surface area contributed by atoms with Gasteiger partial charge in [-0.2, -0.15) is 0 Å². The molecule has 2 aromatic carbocycles. The van der Waals surface area contributed by atoms with Crippen LogP contribution in [0.2, 0.25) is 0 Å². The fraction of sp³-hybridized carbons (Fsp3) is 0.273. The second-order valence-electron chi connectivity index (χ2n) is 7.41. The molecule has 2 bridgehead atoms.